The molecule has 4 rings (SSSR count). The van der Waals surface area contributed by atoms with Crippen LogP contribution in [0.5, 0.6) is 0 Å². The molecule has 1 unspecified atom stereocenters. The maximum absolute atomic E-state index is 12.6. The molecule has 33 heavy (non-hydrogen) atoms. The van der Waals surface area contributed by atoms with Crippen molar-refractivity contribution in [3.05, 3.63) is 61.3 Å². The van der Waals surface area contributed by atoms with Gasteiger partial charge in [0.25, 0.3) is 6.03 Å². The number of nitrogens with zero attached hydrogens (tertiary/aromatic N) is 5. The van der Waals surface area contributed by atoms with Crippen LogP contribution in [0.15, 0.2) is 30.5 Å². The molecule has 1 radical (unpaired) electrons. The molecule has 9 nitrogen and oxygen atoms in total. The molecule has 2 saturated heterocycles. The summed E-state index contributed by atoms with van der Waals surface area (Å²) in [6.45, 7) is 7.24. The van der Waals surface area contributed by atoms with Gasteiger partial charge in [0, 0.05) is 51.4 Å². The fraction of sp³-hybridized carbons (Fsp3) is 0.318. The van der Waals surface area contributed by atoms with Crippen LogP contribution in [-0.2, 0) is 51.0 Å². The first-order valence-corrected chi connectivity index (χ1v) is 10.1. The Hall–Kier alpha value is -2.06. The number of aldehydes is 1. The first-order valence-electron chi connectivity index (χ1n) is 10.1. The number of anilines is 2. The van der Waals surface area contributed by atoms with Crippen LogP contribution < -0.4 is 10.2 Å². The monoisotopic (exact) mass is 654 g/mol. The molecular formula is C22H23N6O3VW-. The third-order valence-electron chi connectivity index (χ3n) is 5.55. The minimum atomic E-state index is -0.533. The van der Waals surface area contributed by atoms with E-state index in [1.54, 1.807) is 35.4 Å². The van der Waals surface area contributed by atoms with Crippen LogP contribution in [0.3, 0.4) is 0 Å². The molecule has 1 N–H and O–H groups in total. The van der Waals surface area contributed by atoms with E-state index in [-0.39, 0.29) is 63.6 Å². The molecule has 2 aliphatic rings. The van der Waals surface area contributed by atoms with Gasteiger partial charge in [-0.1, -0.05) is 6.07 Å². The van der Waals surface area contributed by atoms with E-state index in [0.717, 1.165) is 24.3 Å². The van der Waals surface area contributed by atoms with Gasteiger partial charge in [-0.25, -0.2) is 17.1 Å². The fourth-order valence-corrected chi connectivity index (χ4v) is 3.97. The normalized spacial score (nSPS) is 17.4. The standard InChI is InChI=1S/C22H23N6O3.V.W/c1-2-28(22(31)25-19-7-3-4-10-23-19)20-9-8-16(18(15-29)24-20)12-27-13-17-6-5-11-26(17)14-21(27)30;;/h2-4,7-8,10,15,17H,1,5-6,11-14H2,(H,23,25,31);;/q-3;+2;. The average molecular weight is 654 g/mol. The van der Waals surface area contributed by atoms with Gasteiger partial charge in [-0.05, 0) is 38.1 Å². The zero-order chi connectivity index (χ0) is 21.8. The van der Waals surface area contributed by atoms with E-state index >= 15 is 0 Å². The average Bonchev–Trinajstić information content (AvgIpc) is 3.23. The van der Waals surface area contributed by atoms with Gasteiger partial charge in [-0.2, -0.15) is 0 Å². The topological polar surface area (TPSA) is 98.7 Å². The summed E-state index contributed by atoms with van der Waals surface area (Å²) in [4.78, 5) is 50.3. The summed E-state index contributed by atoms with van der Waals surface area (Å²) in [7, 11) is 0. The molecule has 2 aromatic heterocycles. The third kappa shape index (κ3) is 6.29. The van der Waals surface area contributed by atoms with Crippen molar-refractivity contribution in [1.29, 1.82) is 0 Å². The molecule has 1 atom stereocenters. The maximum Gasteiger partial charge on any atom is 2.00 e. The van der Waals surface area contributed by atoms with E-state index in [1.807, 2.05) is 0 Å². The molecule has 0 aliphatic carbocycles. The smallest absolute Gasteiger partial charge is 0.492 e. The number of urea groups is 1. The molecule has 0 spiro atoms. The number of hydrogen-bond donors (Lipinski definition) is 1. The Bertz CT molecular complexity index is 980. The van der Waals surface area contributed by atoms with E-state index in [1.165, 1.54) is 6.54 Å². The molecule has 11 heteroatoms. The molecule has 0 bridgehead atoms. The number of piperazine rings is 1. The minimum Gasteiger partial charge on any atom is -0.492 e. The number of pyridine rings is 2. The van der Waals surface area contributed by atoms with Gasteiger partial charge >= 0.3 is 18.6 Å². The van der Waals surface area contributed by atoms with Crippen molar-refractivity contribution in [1.82, 2.24) is 19.8 Å². The molecule has 171 valence electrons. The molecule has 3 amide bonds. The Morgan fingerprint density at radius 1 is 1.42 bits per heavy atom. The predicted octanol–water partition coefficient (Wildman–Crippen LogP) is 1.93. The fourth-order valence-electron chi connectivity index (χ4n) is 3.97. The SMILES string of the molecule is [CH2-][CH-]N(C(=O)Nc1ccccn1)c1[c-]cc(CN2CC3CCCN3CC2=O)c(C=O)n1.[V+2].[W]. The second-order valence-electron chi connectivity index (χ2n) is 7.49. The number of aromatic nitrogens is 2. The van der Waals surface area contributed by atoms with Gasteiger partial charge in [0.15, 0.2) is 6.29 Å². The number of fused-ring (bicyclic) bond motifs is 1. The van der Waals surface area contributed by atoms with Gasteiger partial charge in [0.05, 0.1) is 6.54 Å². The number of rotatable bonds is 6. The van der Waals surface area contributed by atoms with E-state index in [2.05, 4.69) is 33.2 Å². The first kappa shape index (κ1) is 27.2. The van der Waals surface area contributed by atoms with Crippen LogP contribution in [0.2, 0.25) is 0 Å². The third-order valence-corrected chi connectivity index (χ3v) is 5.55. The summed E-state index contributed by atoms with van der Waals surface area (Å²) >= 11 is 0. The number of amides is 3. The number of hydrogen-bond acceptors (Lipinski definition) is 6. The van der Waals surface area contributed by atoms with Crippen molar-refractivity contribution in [3.63, 3.8) is 0 Å². The molecule has 2 aromatic rings. The second-order valence-corrected chi connectivity index (χ2v) is 7.49. The van der Waals surface area contributed by atoms with Crippen LogP contribution >= 0.6 is 0 Å². The maximum atomic E-state index is 12.6. The van der Waals surface area contributed by atoms with Crippen LogP contribution in [0.4, 0.5) is 16.4 Å². The Labute approximate surface area is 219 Å². The number of carbonyl (C=O) groups is 3. The van der Waals surface area contributed by atoms with Gasteiger partial charge < -0.3 is 23.3 Å². The quantitative estimate of drug-likeness (QED) is 0.378. The summed E-state index contributed by atoms with van der Waals surface area (Å²) in [5.74, 6) is 0.541. The molecule has 0 saturated carbocycles. The van der Waals surface area contributed by atoms with Crippen molar-refractivity contribution < 1.29 is 54.0 Å². The summed E-state index contributed by atoms with van der Waals surface area (Å²) in [6, 6.07) is 9.52. The van der Waals surface area contributed by atoms with E-state index in [9.17, 15) is 14.4 Å². The van der Waals surface area contributed by atoms with Crippen molar-refractivity contribution in [3.8, 4) is 0 Å². The Morgan fingerprint density at radius 2 is 2.24 bits per heavy atom. The molecule has 2 aliphatic heterocycles. The van der Waals surface area contributed by atoms with Gasteiger partial charge in [-0.3, -0.25) is 29.6 Å². The molecule has 2 fully saturated rings. The van der Waals surface area contributed by atoms with Crippen LogP contribution in [-0.4, -0.2) is 63.7 Å². The zero-order valence-corrected chi connectivity index (χ0v) is 22.2. The summed E-state index contributed by atoms with van der Waals surface area (Å²) in [6.07, 6.45) is 4.37. The summed E-state index contributed by atoms with van der Waals surface area (Å²) in [5, 5.41) is 2.64. The van der Waals surface area contributed by atoms with Gasteiger partial charge in [0.2, 0.25) is 5.91 Å². The Morgan fingerprint density at radius 3 is 2.94 bits per heavy atom. The van der Waals surface area contributed by atoms with Crippen molar-refractivity contribution in [2.45, 2.75) is 25.4 Å². The summed E-state index contributed by atoms with van der Waals surface area (Å²) < 4.78 is 0. The van der Waals surface area contributed by atoms with Gasteiger partial charge in [-0.15, -0.1) is 5.56 Å². The van der Waals surface area contributed by atoms with Crippen molar-refractivity contribution >= 4 is 29.9 Å². The largest absolute Gasteiger partial charge is 2.00 e. The summed E-state index contributed by atoms with van der Waals surface area (Å²) in [5.41, 5.74) is 0.751. The van der Waals surface area contributed by atoms with Crippen molar-refractivity contribution in [2.75, 3.05) is 29.9 Å². The number of carbonyl (C=O) groups excluding carboxylic acids is 3. The van der Waals surface area contributed by atoms with E-state index in [0.29, 0.717) is 36.8 Å². The molecule has 4 heterocycles. The van der Waals surface area contributed by atoms with Crippen LogP contribution in [0.25, 0.3) is 0 Å². The van der Waals surface area contributed by atoms with Crippen LogP contribution in [0.1, 0.15) is 28.9 Å². The second kappa shape index (κ2) is 12.4. The van der Waals surface area contributed by atoms with Crippen molar-refractivity contribution in [2.24, 2.45) is 0 Å². The zero-order valence-electron chi connectivity index (χ0n) is 17.9. The Balaban J connectivity index is 0.00000193. The van der Waals surface area contributed by atoms with E-state index in [4.69, 9.17) is 0 Å². The Kier molecular flexibility index (Phi) is 10.2. The van der Waals surface area contributed by atoms with Gasteiger partial charge in [0.1, 0.15) is 5.82 Å². The van der Waals surface area contributed by atoms with Crippen LogP contribution in [0, 0.1) is 19.5 Å². The minimum absolute atomic E-state index is 0. The molecular weight excluding hydrogens is 631 g/mol. The first-order chi connectivity index (χ1) is 15.1. The number of nitrogens with one attached hydrogen (secondary N) is 1. The van der Waals surface area contributed by atoms with E-state index < -0.39 is 6.03 Å². The predicted molar refractivity (Wildman–Crippen MR) is 114 cm³/mol. The molecule has 0 aromatic carbocycles.